The van der Waals surface area contributed by atoms with Gasteiger partial charge in [-0.25, -0.2) is 0 Å². The number of benzene rings is 2. The van der Waals surface area contributed by atoms with Gasteiger partial charge in [-0.3, -0.25) is 4.79 Å². The Morgan fingerprint density at radius 1 is 1.15 bits per heavy atom. The highest BCUT2D eigenvalue weighted by Crippen LogP contribution is 2.19. The van der Waals surface area contributed by atoms with Crippen LogP contribution >= 0.6 is 11.6 Å². The van der Waals surface area contributed by atoms with Gasteiger partial charge in [0.25, 0.3) is 5.91 Å². The number of rotatable bonds is 1. The number of carbonyl (C=O) groups excluding carboxylic acids is 1. The third-order valence-corrected chi connectivity index (χ3v) is 4.51. The summed E-state index contributed by atoms with van der Waals surface area (Å²) in [7, 11) is 0. The largest absolute Gasteiger partial charge is 0.327 e. The Morgan fingerprint density at radius 3 is 2.81 bits per heavy atom. The second-order valence-corrected chi connectivity index (χ2v) is 6.35. The first-order valence-electron chi connectivity index (χ1n) is 8.11. The monoisotopic (exact) mass is 363 g/mol. The summed E-state index contributed by atoms with van der Waals surface area (Å²) < 4.78 is 1.49. The molecule has 1 aliphatic rings. The molecule has 26 heavy (non-hydrogen) atoms. The van der Waals surface area contributed by atoms with Crippen LogP contribution in [0.25, 0.3) is 5.69 Å². The van der Waals surface area contributed by atoms with Gasteiger partial charge in [0.15, 0.2) is 0 Å². The number of tetrazole rings is 1. The Morgan fingerprint density at radius 2 is 2.00 bits per heavy atom. The van der Waals surface area contributed by atoms with Crippen LogP contribution in [0.4, 0.5) is 0 Å². The maximum atomic E-state index is 12.5. The van der Waals surface area contributed by atoms with Crippen molar-refractivity contribution in [2.75, 3.05) is 6.54 Å². The van der Waals surface area contributed by atoms with Crippen LogP contribution in [0, 0.1) is 11.8 Å². The molecule has 0 N–H and O–H groups in total. The van der Waals surface area contributed by atoms with E-state index in [1.165, 1.54) is 22.1 Å². The quantitative estimate of drug-likeness (QED) is 0.622. The average Bonchev–Trinajstić information content (AvgIpc) is 3.20. The van der Waals surface area contributed by atoms with Crippen molar-refractivity contribution in [1.82, 2.24) is 25.1 Å². The van der Waals surface area contributed by atoms with Crippen molar-refractivity contribution >= 4 is 17.5 Å². The molecule has 3 aromatic rings. The van der Waals surface area contributed by atoms with Gasteiger partial charge in [0.05, 0.1) is 11.3 Å². The number of amides is 1. The molecule has 2 aromatic carbocycles. The Kier molecular flexibility index (Phi) is 4.38. The van der Waals surface area contributed by atoms with Crippen LogP contribution in [0.15, 0.2) is 48.8 Å². The van der Waals surface area contributed by atoms with E-state index in [1.807, 2.05) is 12.1 Å². The van der Waals surface area contributed by atoms with Crippen molar-refractivity contribution in [1.29, 1.82) is 0 Å². The van der Waals surface area contributed by atoms with Crippen LogP contribution in [0.2, 0.25) is 5.02 Å². The fraction of sp³-hybridized carbons (Fsp3) is 0.158. The zero-order chi connectivity index (χ0) is 17.9. The van der Waals surface area contributed by atoms with Crippen molar-refractivity contribution in [3.05, 3.63) is 70.5 Å². The van der Waals surface area contributed by atoms with E-state index in [0.29, 0.717) is 29.4 Å². The highest BCUT2D eigenvalue weighted by molar-refractivity contribution is 6.30. The van der Waals surface area contributed by atoms with Crippen LogP contribution in [0.3, 0.4) is 0 Å². The van der Waals surface area contributed by atoms with Crippen LogP contribution < -0.4 is 0 Å². The summed E-state index contributed by atoms with van der Waals surface area (Å²) in [6, 6.07) is 13.4. The fourth-order valence-electron chi connectivity index (χ4n) is 2.95. The minimum Gasteiger partial charge on any atom is -0.327 e. The Balaban J connectivity index is 1.59. The van der Waals surface area contributed by atoms with Crippen molar-refractivity contribution in [2.45, 2.75) is 13.0 Å². The summed E-state index contributed by atoms with van der Waals surface area (Å²) in [5.74, 6) is 5.44. The number of aromatic nitrogens is 4. The SMILES string of the molecule is O=C(C#Cc1cc(Cl)ccc1-n1cnnn1)N1CCc2ccccc2C1. The Labute approximate surface area is 155 Å². The van der Waals surface area contributed by atoms with Gasteiger partial charge < -0.3 is 4.90 Å². The lowest BCUT2D eigenvalue weighted by Crippen LogP contribution is -2.35. The zero-order valence-corrected chi connectivity index (χ0v) is 14.5. The maximum Gasteiger partial charge on any atom is 0.299 e. The van der Waals surface area contributed by atoms with E-state index in [-0.39, 0.29) is 5.91 Å². The molecule has 4 rings (SSSR count). The van der Waals surface area contributed by atoms with E-state index in [2.05, 4.69) is 39.5 Å². The Bertz CT molecular complexity index is 1020. The molecule has 1 amide bonds. The van der Waals surface area contributed by atoms with Crippen molar-refractivity contribution < 1.29 is 4.79 Å². The van der Waals surface area contributed by atoms with Gasteiger partial charge in [0.1, 0.15) is 6.33 Å². The minimum absolute atomic E-state index is 0.206. The van der Waals surface area contributed by atoms with E-state index in [1.54, 1.807) is 23.1 Å². The molecule has 1 aromatic heterocycles. The van der Waals surface area contributed by atoms with E-state index in [4.69, 9.17) is 11.6 Å². The number of nitrogens with zero attached hydrogens (tertiary/aromatic N) is 5. The number of fused-ring (bicyclic) bond motifs is 1. The van der Waals surface area contributed by atoms with Gasteiger partial charge in [-0.05, 0) is 46.2 Å². The lowest BCUT2D eigenvalue weighted by molar-refractivity contribution is -0.125. The summed E-state index contributed by atoms with van der Waals surface area (Å²) in [5.41, 5.74) is 3.73. The van der Waals surface area contributed by atoms with Crippen LogP contribution in [0.5, 0.6) is 0 Å². The van der Waals surface area contributed by atoms with E-state index in [9.17, 15) is 4.79 Å². The van der Waals surface area contributed by atoms with Crippen LogP contribution in [-0.4, -0.2) is 37.6 Å². The molecule has 0 fully saturated rings. The number of hydrogen-bond acceptors (Lipinski definition) is 4. The second kappa shape index (κ2) is 6.98. The fourth-order valence-corrected chi connectivity index (χ4v) is 3.12. The van der Waals surface area contributed by atoms with Crippen LogP contribution in [0.1, 0.15) is 16.7 Å². The molecule has 128 valence electrons. The molecule has 0 spiro atoms. The van der Waals surface area contributed by atoms with Gasteiger partial charge in [-0.1, -0.05) is 41.8 Å². The molecule has 6 nitrogen and oxygen atoms in total. The van der Waals surface area contributed by atoms with E-state index in [0.717, 1.165) is 6.42 Å². The molecule has 0 saturated heterocycles. The zero-order valence-electron chi connectivity index (χ0n) is 13.8. The number of hydrogen-bond donors (Lipinski definition) is 0. The van der Waals surface area contributed by atoms with Crippen molar-refractivity contribution in [3.63, 3.8) is 0 Å². The molecule has 0 atom stereocenters. The summed E-state index contributed by atoms with van der Waals surface area (Å²) >= 11 is 6.07. The lowest BCUT2D eigenvalue weighted by Gasteiger charge is -2.27. The minimum atomic E-state index is -0.206. The molecule has 0 radical (unpaired) electrons. The maximum absolute atomic E-state index is 12.5. The normalized spacial score (nSPS) is 12.9. The molecular weight excluding hydrogens is 350 g/mol. The average molecular weight is 364 g/mol. The molecule has 1 aliphatic heterocycles. The lowest BCUT2D eigenvalue weighted by atomic mass is 10.00. The van der Waals surface area contributed by atoms with E-state index < -0.39 is 0 Å². The highest BCUT2D eigenvalue weighted by Gasteiger charge is 2.19. The number of carbonyl (C=O) groups is 1. The highest BCUT2D eigenvalue weighted by atomic mass is 35.5. The predicted octanol–water partition coefficient (Wildman–Crippen LogP) is 2.25. The molecule has 2 heterocycles. The van der Waals surface area contributed by atoms with Gasteiger partial charge in [0, 0.05) is 24.0 Å². The molecular formula is C19H14ClN5O. The molecule has 0 bridgehead atoms. The first-order valence-corrected chi connectivity index (χ1v) is 8.49. The first-order chi connectivity index (χ1) is 12.7. The Hall–Kier alpha value is -3.17. The molecule has 0 aliphatic carbocycles. The smallest absolute Gasteiger partial charge is 0.299 e. The van der Waals surface area contributed by atoms with E-state index >= 15 is 0 Å². The van der Waals surface area contributed by atoms with Gasteiger partial charge in [0.2, 0.25) is 0 Å². The van der Waals surface area contributed by atoms with Crippen LogP contribution in [-0.2, 0) is 17.8 Å². The molecule has 0 saturated carbocycles. The third kappa shape index (κ3) is 3.30. The topological polar surface area (TPSA) is 63.9 Å². The second-order valence-electron chi connectivity index (χ2n) is 5.91. The van der Waals surface area contributed by atoms with Crippen molar-refractivity contribution in [3.8, 4) is 17.5 Å². The summed E-state index contributed by atoms with van der Waals surface area (Å²) in [5, 5.41) is 11.7. The summed E-state index contributed by atoms with van der Waals surface area (Å²) in [6.07, 6.45) is 2.31. The van der Waals surface area contributed by atoms with Gasteiger partial charge >= 0.3 is 0 Å². The predicted molar refractivity (Wildman–Crippen MR) is 96.6 cm³/mol. The first kappa shape index (κ1) is 16.3. The summed E-state index contributed by atoms with van der Waals surface area (Å²) in [4.78, 5) is 14.3. The van der Waals surface area contributed by atoms with Crippen molar-refractivity contribution in [2.24, 2.45) is 0 Å². The third-order valence-electron chi connectivity index (χ3n) is 4.28. The standard InChI is InChI=1S/C19H14ClN5O/c20-17-6-7-18(25-13-21-22-23-25)15(11-17)5-8-19(26)24-10-9-14-3-1-2-4-16(14)12-24/h1-4,6-7,11,13H,9-10,12H2. The van der Waals surface area contributed by atoms with Gasteiger partial charge in [-0.2, -0.15) is 4.68 Å². The molecule has 0 unspecified atom stereocenters. The molecule has 7 heteroatoms. The summed E-state index contributed by atoms with van der Waals surface area (Å²) in [6.45, 7) is 1.25. The van der Waals surface area contributed by atoms with Gasteiger partial charge in [-0.15, -0.1) is 5.10 Å². The number of halogens is 1.